The molecular formula is C11H15NO2S. The molecule has 2 N–H and O–H groups in total. The van der Waals surface area contributed by atoms with Crippen LogP contribution in [0, 0.1) is 0 Å². The topological polar surface area (TPSA) is 44.5 Å². The minimum absolute atomic E-state index is 0.514. The van der Waals surface area contributed by atoms with E-state index in [4.69, 9.17) is 27.4 Å². The Bertz CT molecular complexity index is 352. The van der Waals surface area contributed by atoms with Crippen LogP contribution in [0.5, 0.6) is 11.5 Å². The maximum absolute atomic E-state index is 5.46. The highest BCUT2D eigenvalue weighted by Crippen LogP contribution is 2.24. The Hall–Kier alpha value is -1.29. The van der Waals surface area contributed by atoms with Gasteiger partial charge < -0.3 is 15.2 Å². The molecule has 0 aliphatic rings. The van der Waals surface area contributed by atoms with Gasteiger partial charge in [-0.1, -0.05) is 12.2 Å². The van der Waals surface area contributed by atoms with Crippen LogP contribution in [0.25, 0.3) is 0 Å². The number of hydrogen-bond acceptors (Lipinski definition) is 3. The van der Waals surface area contributed by atoms with Crippen molar-refractivity contribution in [3.63, 3.8) is 0 Å². The van der Waals surface area contributed by atoms with E-state index in [0.717, 1.165) is 23.5 Å². The van der Waals surface area contributed by atoms with Crippen LogP contribution >= 0.6 is 12.2 Å². The van der Waals surface area contributed by atoms with E-state index in [-0.39, 0.29) is 0 Å². The minimum atomic E-state index is 0.514. The molecule has 82 valence electrons. The lowest BCUT2D eigenvalue weighted by Gasteiger charge is -2.09. The largest absolute Gasteiger partial charge is 0.497 e. The first kappa shape index (κ1) is 11.8. The van der Waals surface area contributed by atoms with E-state index in [1.54, 1.807) is 14.2 Å². The molecule has 0 aliphatic carbocycles. The zero-order valence-corrected chi connectivity index (χ0v) is 9.76. The maximum Gasteiger partial charge on any atom is 0.122 e. The number of benzene rings is 1. The highest BCUT2D eigenvalue weighted by atomic mass is 32.1. The summed E-state index contributed by atoms with van der Waals surface area (Å²) >= 11 is 4.84. The monoisotopic (exact) mass is 225 g/mol. The average Bonchev–Trinajstić information content (AvgIpc) is 2.25. The van der Waals surface area contributed by atoms with Crippen molar-refractivity contribution in [3.8, 4) is 11.5 Å². The van der Waals surface area contributed by atoms with Crippen molar-refractivity contribution < 1.29 is 9.47 Å². The van der Waals surface area contributed by atoms with Gasteiger partial charge in [0, 0.05) is 6.42 Å². The molecule has 0 bridgehead atoms. The minimum Gasteiger partial charge on any atom is -0.497 e. The van der Waals surface area contributed by atoms with Gasteiger partial charge >= 0.3 is 0 Å². The lowest BCUT2D eigenvalue weighted by Crippen LogP contribution is -2.09. The van der Waals surface area contributed by atoms with Gasteiger partial charge in [-0.05, 0) is 30.2 Å². The summed E-state index contributed by atoms with van der Waals surface area (Å²) in [6.07, 6.45) is 1.45. The number of aryl methyl sites for hydroxylation is 1. The number of rotatable bonds is 5. The molecule has 0 unspecified atom stereocenters. The van der Waals surface area contributed by atoms with Crippen molar-refractivity contribution in [1.82, 2.24) is 0 Å². The van der Waals surface area contributed by atoms with Crippen LogP contribution in [0.4, 0.5) is 0 Å². The third-order valence-electron chi connectivity index (χ3n) is 2.13. The van der Waals surface area contributed by atoms with Crippen molar-refractivity contribution in [2.75, 3.05) is 14.2 Å². The molecule has 0 radical (unpaired) electrons. The van der Waals surface area contributed by atoms with E-state index in [2.05, 4.69) is 0 Å². The fourth-order valence-electron chi connectivity index (χ4n) is 1.34. The van der Waals surface area contributed by atoms with Gasteiger partial charge in [-0.2, -0.15) is 0 Å². The summed E-state index contributed by atoms with van der Waals surface area (Å²) < 4.78 is 10.4. The average molecular weight is 225 g/mol. The second kappa shape index (κ2) is 5.56. The summed E-state index contributed by atoms with van der Waals surface area (Å²) in [6.45, 7) is 0. The number of hydrogen-bond donors (Lipinski definition) is 1. The Morgan fingerprint density at radius 3 is 2.60 bits per heavy atom. The van der Waals surface area contributed by atoms with Crippen LogP contribution in [-0.2, 0) is 6.42 Å². The highest BCUT2D eigenvalue weighted by molar-refractivity contribution is 7.80. The fourth-order valence-corrected chi connectivity index (χ4v) is 1.44. The third-order valence-corrected chi connectivity index (χ3v) is 2.33. The molecule has 0 heterocycles. The summed E-state index contributed by atoms with van der Waals surface area (Å²) in [7, 11) is 3.28. The van der Waals surface area contributed by atoms with Gasteiger partial charge in [0.05, 0.1) is 19.2 Å². The van der Waals surface area contributed by atoms with E-state index in [1.165, 1.54) is 0 Å². The Morgan fingerprint density at radius 1 is 1.33 bits per heavy atom. The summed E-state index contributed by atoms with van der Waals surface area (Å²) in [4.78, 5) is 0.514. The first-order valence-corrected chi connectivity index (χ1v) is 5.07. The van der Waals surface area contributed by atoms with E-state index in [1.807, 2.05) is 18.2 Å². The lowest BCUT2D eigenvalue weighted by atomic mass is 10.1. The molecule has 0 spiro atoms. The molecule has 3 nitrogen and oxygen atoms in total. The van der Waals surface area contributed by atoms with Gasteiger partial charge in [0.2, 0.25) is 0 Å². The molecule has 1 aromatic rings. The number of ether oxygens (including phenoxy) is 2. The second-order valence-electron chi connectivity index (χ2n) is 3.14. The first-order valence-electron chi connectivity index (χ1n) is 4.66. The van der Waals surface area contributed by atoms with Crippen LogP contribution < -0.4 is 15.2 Å². The van der Waals surface area contributed by atoms with Gasteiger partial charge in [0.25, 0.3) is 0 Å². The van der Waals surface area contributed by atoms with Gasteiger partial charge in [-0.15, -0.1) is 0 Å². The summed E-state index contributed by atoms with van der Waals surface area (Å²) in [5.74, 6) is 1.65. The Labute approximate surface area is 95.2 Å². The van der Waals surface area contributed by atoms with Gasteiger partial charge in [-0.3, -0.25) is 0 Å². The lowest BCUT2D eigenvalue weighted by molar-refractivity contribution is 0.399. The van der Waals surface area contributed by atoms with E-state index < -0.39 is 0 Å². The summed E-state index contributed by atoms with van der Waals surface area (Å²) in [6, 6.07) is 5.69. The quantitative estimate of drug-likeness (QED) is 0.778. The molecule has 0 aromatic heterocycles. The van der Waals surface area contributed by atoms with Gasteiger partial charge in [0.15, 0.2) is 0 Å². The number of methoxy groups -OCH3 is 2. The molecule has 1 rings (SSSR count). The molecule has 0 saturated carbocycles. The Balaban J connectivity index is 2.85. The maximum atomic E-state index is 5.46. The molecule has 1 aromatic carbocycles. The summed E-state index contributed by atoms with van der Waals surface area (Å²) in [5.41, 5.74) is 6.52. The zero-order valence-electron chi connectivity index (χ0n) is 8.95. The van der Waals surface area contributed by atoms with Crippen LogP contribution in [0.3, 0.4) is 0 Å². The van der Waals surface area contributed by atoms with E-state index in [9.17, 15) is 0 Å². The molecule has 0 saturated heterocycles. The Kier molecular flexibility index (Phi) is 4.37. The highest BCUT2D eigenvalue weighted by Gasteiger charge is 2.05. The van der Waals surface area contributed by atoms with Crippen molar-refractivity contribution in [2.45, 2.75) is 12.8 Å². The van der Waals surface area contributed by atoms with Crippen molar-refractivity contribution in [1.29, 1.82) is 0 Å². The van der Waals surface area contributed by atoms with Crippen LogP contribution in [0.15, 0.2) is 18.2 Å². The third kappa shape index (κ3) is 3.40. The Morgan fingerprint density at radius 2 is 2.07 bits per heavy atom. The number of thiocarbonyl (C=S) groups is 1. The number of nitrogens with two attached hydrogens (primary N) is 1. The van der Waals surface area contributed by atoms with Crippen molar-refractivity contribution in [3.05, 3.63) is 23.8 Å². The first-order chi connectivity index (χ1) is 7.17. The molecule has 0 aliphatic heterocycles. The van der Waals surface area contributed by atoms with Crippen molar-refractivity contribution >= 4 is 17.2 Å². The SMILES string of the molecule is COc1ccc(OC)c(CCC(N)=S)c1. The smallest absolute Gasteiger partial charge is 0.122 e. The van der Waals surface area contributed by atoms with Crippen LogP contribution in [0.2, 0.25) is 0 Å². The van der Waals surface area contributed by atoms with Crippen LogP contribution in [0.1, 0.15) is 12.0 Å². The van der Waals surface area contributed by atoms with Gasteiger partial charge in [0.1, 0.15) is 11.5 Å². The fraction of sp³-hybridized carbons (Fsp3) is 0.364. The molecule has 0 atom stereocenters. The predicted octanol–water partition coefficient (Wildman–Crippen LogP) is 1.92. The second-order valence-corrected chi connectivity index (χ2v) is 3.67. The van der Waals surface area contributed by atoms with E-state index in [0.29, 0.717) is 11.4 Å². The predicted molar refractivity (Wildman–Crippen MR) is 64.7 cm³/mol. The van der Waals surface area contributed by atoms with E-state index >= 15 is 0 Å². The molecular weight excluding hydrogens is 210 g/mol. The standard InChI is InChI=1S/C11H15NO2S/c1-13-9-4-5-10(14-2)8(7-9)3-6-11(12)15/h4-5,7H,3,6H2,1-2H3,(H2,12,15). The summed E-state index contributed by atoms with van der Waals surface area (Å²) in [5, 5.41) is 0. The van der Waals surface area contributed by atoms with Crippen molar-refractivity contribution in [2.24, 2.45) is 5.73 Å². The molecule has 4 heteroatoms. The molecule has 0 fully saturated rings. The molecule has 0 amide bonds. The van der Waals surface area contributed by atoms with Gasteiger partial charge in [-0.25, -0.2) is 0 Å². The molecule has 15 heavy (non-hydrogen) atoms. The zero-order chi connectivity index (χ0) is 11.3. The van der Waals surface area contributed by atoms with Crippen LogP contribution in [-0.4, -0.2) is 19.2 Å². The normalized spacial score (nSPS) is 9.73.